The Hall–Kier alpha value is -5.40. The number of methoxy groups -OCH3 is 2. The summed E-state index contributed by atoms with van der Waals surface area (Å²) < 4.78 is 30.8. The van der Waals surface area contributed by atoms with Crippen LogP contribution in [0, 0.1) is 11.7 Å². The van der Waals surface area contributed by atoms with E-state index in [0.29, 0.717) is 16.8 Å². The zero-order valence-corrected chi connectivity index (χ0v) is 25.6. The number of ketones is 1. The van der Waals surface area contributed by atoms with E-state index >= 15 is 0 Å². The molecule has 0 aliphatic rings. The van der Waals surface area contributed by atoms with E-state index in [4.69, 9.17) is 9.15 Å². The molecule has 13 nitrogen and oxygen atoms in total. The third kappa shape index (κ3) is 7.06. The lowest BCUT2D eigenvalue weighted by molar-refractivity contribution is -0.122. The quantitative estimate of drug-likeness (QED) is 0.234. The molecule has 0 bridgehead atoms. The molecule has 2 heterocycles. The largest absolute Gasteiger partial charge is 0.494 e. The number of rotatable bonds is 11. The maximum Gasteiger partial charge on any atom is 0.412 e. The first-order valence-corrected chi connectivity index (χ1v) is 13.9. The minimum Gasteiger partial charge on any atom is -0.494 e. The van der Waals surface area contributed by atoms with Crippen LogP contribution in [0.25, 0.3) is 11.3 Å². The zero-order chi connectivity index (χ0) is 32.9. The molecule has 0 saturated carbocycles. The monoisotopic (exact) mass is 620 g/mol. The number of aromatic nitrogens is 4. The fraction of sp³-hybridized carbons (Fsp3) is 0.323. The van der Waals surface area contributed by atoms with Crippen LogP contribution in [0.3, 0.4) is 0 Å². The van der Waals surface area contributed by atoms with Gasteiger partial charge in [0.15, 0.2) is 11.6 Å². The first kappa shape index (κ1) is 32.5. The Morgan fingerprint density at radius 2 is 1.78 bits per heavy atom. The van der Waals surface area contributed by atoms with Crippen LogP contribution in [0.2, 0.25) is 0 Å². The summed E-state index contributed by atoms with van der Waals surface area (Å²) in [4.78, 5) is 56.0. The van der Waals surface area contributed by atoms with Gasteiger partial charge >= 0.3 is 6.09 Å². The van der Waals surface area contributed by atoms with Crippen LogP contribution in [-0.4, -0.2) is 57.8 Å². The second kappa shape index (κ2) is 13.5. The molecule has 2 aromatic heterocycles. The fourth-order valence-electron chi connectivity index (χ4n) is 4.50. The molecule has 0 unspecified atom stereocenters. The number of nitrogens with zero attached hydrogens (tertiary/aromatic N) is 4. The lowest BCUT2D eigenvalue weighted by Crippen LogP contribution is -2.46. The molecule has 2 aromatic carbocycles. The third-order valence-electron chi connectivity index (χ3n) is 7.14. The summed E-state index contributed by atoms with van der Waals surface area (Å²) in [6, 6.07) is 12.1. The molecule has 0 spiro atoms. The molecule has 0 fully saturated rings. The maximum absolute atomic E-state index is 14.4. The molecule has 0 radical (unpaired) electrons. The number of hydrogen-bond acceptors (Lipinski definition) is 10. The molecule has 0 saturated heterocycles. The van der Waals surface area contributed by atoms with Gasteiger partial charge in [0.2, 0.25) is 23.4 Å². The minimum absolute atomic E-state index is 0.0609. The van der Waals surface area contributed by atoms with Crippen molar-refractivity contribution in [3.05, 3.63) is 88.2 Å². The van der Waals surface area contributed by atoms with Crippen LogP contribution in [0.1, 0.15) is 49.8 Å². The van der Waals surface area contributed by atoms with E-state index in [-0.39, 0.29) is 23.3 Å². The summed E-state index contributed by atoms with van der Waals surface area (Å²) in [5.74, 6) is -2.86. The average Bonchev–Trinajstić information content (AvgIpc) is 3.53. The molecule has 2 N–H and O–H groups in total. The molecule has 4 aromatic rings. The van der Waals surface area contributed by atoms with Crippen LogP contribution in [0.5, 0.6) is 5.75 Å². The molecular weight excluding hydrogens is 587 g/mol. The van der Waals surface area contributed by atoms with Crippen molar-refractivity contribution in [3.63, 3.8) is 0 Å². The maximum atomic E-state index is 14.4. The highest BCUT2D eigenvalue weighted by molar-refractivity contribution is 5.98. The highest BCUT2D eigenvalue weighted by Crippen LogP contribution is 2.33. The minimum atomic E-state index is -1.10. The molecule has 4 rings (SSSR count). The smallest absolute Gasteiger partial charge is 0.412 e. The predicted octanol–water partition coefficient (Wildman–Crippen LogP) is 3.97. The number of Topliss-reactive ketones (excluding diaryl/α,β-unsaturated/α-hetero) is 1. The number of anilines is 1. The number of ether oxygens (including phenoxy) is 2. The topological polar surface area (TPSA) is 168 Å². The van der Waals surface area contributed by atoms with Gasteiger partial charge in [-0.1, -0.05) is 50.2 Å². The zero-order valence-electron chi connectivity index (χ0n) is 25.6. The van der Waals surface area contributed by atoms with Gasteiger partial charge in [-0.05, 0) is 43.0 Å². The Morgan fingerprint density at radius 1 is 1.07 bits per heavy atom. The van der Waals surface area contributed by atoms with E-state index in [1.54, 1.807) is 64.1 Å². The van der Waals surface area contributed by atoms with Crippen molar-refractivity contribution < 1.29 is 32.7 Å². The Kier molecular flexibility index (Phi) is 9.75. The Balaban J connectivity index is 1.59. The fourth-order valence-corrected chi connectivity index (χ4v) is 4.50. The lowest BCUT2D eigenvalue weighted by Gasteiger charge is -2.22. The molecule has 236 valence electrons. The number of amides is 2. The van der Waals surface area contributed by atoms with Gasteiger partial charge in [0.1, 0.15) is 6.54 Å². The standard InChI is InChI=1S/C31H33FN6O7/c1-17(2)24(25(40)27-36-37-29(45-27)31(3,4)19-12-13-22(43-5)20(32)14-19)34-23(39)16-38-21(18-10-8-7-9-11-18)15-33-26(28(38)41)35-30(42)44-6/h7-15,17,24H,16H2,1-6H3,(H,34,39)(H,33,35,42)/t24-/m1/s1. The third-order valence-corrected chi connectivity index (χ3v) is 7.14. The van der Waals surface area contributed by atoms with Crippen LogP contribution >= 0.6 is 0 Å². The molecule has 1 atom stereocenters. The number of nitrogens with one attached hydrogen (secondary N) is 2. The summed E-state index contributed by atoms with van der Waals surface area (Å²) in [5, 5.41) is 12.9. The van der Waals surface area contributed by atoms with E-state index in [2.05, 4.69) is 30.6 Å². The van der Waals surface area contributed by atoms with Crippen molar-refractivity contribution in [2.24, 2.45) is 5.92 Å². The summed E-state index contributed by atoms with van der Waals surface area (Å²) in [7, 11) is 2.50. The number of hydrogen-bond donors (Lipinski definition) is 2. The number of halogens is 1. The van der Waals surface area contributed by atoms with Crippen LogP contribution in [0.4, 0.5) is 15.0 Å². The molecule has 45 heavy (non-hydrogen) atoms. The van der Waals surface area contributed by atoms with Crippen molar-refractivity contribution in [2.75, 3.05) is 19.5 Å². The van der Waals surface area contributed by atoms with Crippen LogP contribution in [-0.2, 0) is 21.5 Å². The summed E-state index contributed by atoms with van der Waals surface area (Å²) in [6.07, 6.45) is 0.435. The summed E-state index contributed by atoms with van der Waals surface area (Å²) in [5.41, 5.74) is -0.328. The molecule has 0 aliphatic heterocycles. The van der Waals surface area contributed by atoms with E-state index in [1.165, 1.54) is 25.4 Å². The van der Waals surface area contributed by atoms with Gasteiger partial charge in [-0.25, -0.2) is 14.2 Å². The Morgan fingerprint density at radius 3 is 2.40 bits per heavy atom. The van der Waals surface area contributed by atoms with Gasteiger partial charge in [-0.3, -0.25) is 24.3 Å². The van der Waals surface area contributed by atoms with E-state index < -0.39 is 53.1 Å². The van der Waals surface area contributed by atoms with Crippen LogP contribution in [0.15, 0.2) is 63.9 Å². The second-order valence-corrected chi connectivity index (χ2v) is 10.9. The van der Waals surface area contributed by atoms with E-state index in [0.717, 1.165) is 11.7 Å². The number of carbonyl (C=O) groups is 3. The number of benzene rings is 2. The van der Waals surface area contributed by atoms with Crippen molar-refractivity contribution >= 4 is 23.6 Å². The van der Waals surface area contributed by atoms with Crippen molar-refractivity contribution in [2.45, 2.75) is 45.7 Å². The predicted molar refractivity (Wildman–Crippen MR) is 160 cm³/mol. The van der Waals surface area contributed by atoms with E-state index in [9.17, 15) is 23.6 Å². The first-order chi connectivity index (χ1) is 21.4. The second-order valence-electron chi connectivity index (χ2n) is 10.9. The van der Waals surface area contributed by atoms with Gasteiger partial charge in [0.25, 0.3) is 11.4 Å². The van der Waals surface area contributed by atoms with Gasteiger partial charge in [-0.2, -0.15) is 0 Å². The highest BCUT2D eigenvalue weighted by atomic mass is 19.1. The normalized spacial score (nSPS) is 12.0. The summed E-state index contributed by atoms with van der Waals surface area (Å²) in [6.45, 7) is 6.39. The van der Waals surface area contributed by atoms with Crippen molar-refractivity contribution in [1.82, 2.24) is 25.1 Å². The van der Waals surface area contributed by atoms with Gasteiger partial charge in [0, 0.05) is 0 Å². The van der Waals surface area contributed by atoms with Gasteiger partial charge < -0.3 is 19.2 Å². The highest BCUT2D eigenvalue weighted by Gasteiger charge is 2.34. The first-order valence-electron chi connectivity index (χ1n) is 13.9. The lowest BCUT2D eigenvalue weighted by atomic mass is 9.84. The molecular formula is C31H33FN6O7. The molecule has 14 heteroatoms. The summed E-state index contributed by atoms with van der Waals surface area (Å²) >= 11 is 0. The molecule has 2 amide bonds. The molecule has 0 aliphatic carbocycles. The van der Waals surface area contributed by atoms with Gasteiger partial charge in [0.05, 0.1) is 37.6 Å². The van der Waals surface area contributed by atoms with Crippen molar-refractivity contribution in [3.8, 4) is 17.0 Å². The van der Waals surface area contributed by atoms with Gasteiger partial charge in [-0.15, -0.1) is 10.2 Å². The van der Waals surface area contributed by atoms with Crippen LogP contribution < -0.4 is 20.9 Å². The van der Waals surface area contributed by atoms with Crippen molar-refractivity contribution in [1.29, 1.82) is 0 Å². The SMILES string of the molecule is COC(=O)Nc1ncc(-c2ccccc2)n(CC(=O)N[C@@H](C(=O)c2nnc(C(C)(C)c3ccc(OC)c(F)c3)o2)C(C)C)c1=O. The Labute approximate surface area is 257 Å². The number of carbonyl (C=O) groups excluding carboxylic acids is 3. The average molecular weight is 621 g/mol. The van der Waals surface area contributed by atoms with E-state index in [1.807, 2.05) is 0 Å². The Bertz CT molecular complexity index is 1770.